The highest BCUT2D eigenvalue weighted by molar-refractivity contribution is 5.53. The molecule has 3 heteroatoms. The standard InChI is InChI=1S/C12H15NO2/c1-13-7-9-4-8-5-11(14-2)12(15-3)6-10(8)9/h5-6,9H,1,4,7H2,2-3H3/t9-/m0/s1. The van der Waals surface area contributed by atoms with Crippen molar-refractivity contribution in [1.29, 1.82) is 0 Å². The highest BCUT2D eigenvalue weighted by Gasteiger charge is 2.27. The summed E-state index contributed by atoms with van der Waals surface area (Å²) in [4.78, 5) is 3.93. The van der Waals surface area contributed by atoms with Crippen molar-refractivity contribution in [3.8, 4) is 11.5 Å². The summed E-state index contributed by atoms with van der Waals surface area (Å²) in [5.74, 6) is 2.11. The lowest BCUT2D eigenvalue weighted by Gasteiger charge is -2.30. The molecular formula is C12H15NO2. The number of aliphatic imine (C=N–C) groups is 1. The summed E-state index contributed by atoms with van der Waals surface area (Å²) in [5, 5.41) is 0. The molecule has 2 rings (SSSR count). The molecule has 0 aromatic heterocycles. The Kier molecular flexibility index (Phi) is 2.62. The zero-order valence-electron chi connectivity index (χ0n) is 9.12. The van der Waals surface area contributed by atoms with Gasteiger partial charge >= 0.3 is 0 Å². The van der Waals surface area contributed by atoms with Gasteiger partial charge in [-0.25, -0.2) is 0 Å². The van der Waals surface area contributed by atoms with Gasteiger partial charge in [0.05, 0.1) is 14.2 Å². The van der Waals surface area contributed by atoms with Gasteiger partial charge in [0.25, 0.3) is 0 Å². The Balaban J connectivity index is 2.32. The normalized spacial score (nSPS) is 17.6. The van der Waals surface area contributed by atoms with Gasteiger partial charge in [-0.3, -0.25) is 0 Å². The molecule has 0 saturated heterocycles. The molecule has 0 N–H and O–H groups in total. The van der Waals surface area contributed by atoms with Gasteiger partial charge in [0.1, 0.15) is 0 Å². The maximum absolute atomic E-state index is 5.26. The molecule has 3 nitrogen and oxygen atoms in total. The zero-order chi connectivity index (χ0) is 10.8. The predicted molar refractivity (Wildman–Crippen MR) is 60.4 cm³/mol. The van der Waals surface area contributed by atoms with Crippen molar-refractivity contribution in [3.05, 3.63) is 23.3 Å². The van der Waals surface area contributed by atoms with Crippen molar-refractivity contribution in [2.24, 2.45) is 4.99 Å². The molecule has 0 aliphatic heterocycles. The molecule has 0 radical (unpaired) electrons. The molecule has 0 saturated carbocycles. The van der Waals surface area contributed by atoms with Crippen molar-refractivity contribution in [2.75, 3.05) is 20.8 Å². The summed E-state index contributed by atoms with van der Waals surface area (Å²) in [6, 6.07) is 4.10. The Labute approximate surface area is 89.7 Å². The number of benzene rings is 1. The summed E-state index contributed by atoms with van der Waals surface area (Å²) in [7, 11) is 3.31. The summed E-state index contributed by atoms with van der Waals surface area (Å²) in [6.07, 6.45) is 1.06. The van der Waals surface area contributed by atoms with E-state index < -0.39 is 0 Å². The smallest absolute Gasteiger partial charge is 0.161 e. The highest BCUT2D eigenvalue weighted by Crippen LogP contribution is 2.42. The highest BCUT2D eigenvalue weighted by atomic mass is 16.5. The maximum Gasteiger partial charge on any atom is 0.161 e. The maximum atomic E-state index is 5.26. The van der Waals surface area contributed by atoms with Gasteiger partial charge in [0, 0.05) is 12.5 Å². The Morgan fingerprint density at radius 3 is 2.60 bits per heavy atom. The predicted octanol–water partition coefficient (Wildman–Crippen LogP) is 2.04. The first kappa shape index (κ1) is 10.0. The molecular weight excluding hydrogens is 190 g/mol. The third-order valence-corrected chi connectivity index (χ3v) is 2.90. The number of fused-ring (bicyclic) bond motifs is 1. The molecule has 80 valence electrons. The fourth-order valence-electron chi connectivity index (χ4n) is 2.06. The van der Waals surface area contributed by atoms with E-state index in [1.165, 1.54) is 11.1 Å². The average molecular weight is 205 g/mol. The van der Waals surface area contributed by atoms with E-state index in [1.807, 2.05) is 12.1 Å². The van der Waals surface area contributed by atoms with Crippen molar-refractivity contribution >= 4 is 6.72 Å². The van der Waals surface area contributed by atoms with Crippen LogP contribution in [0.15, 0.2) is 17.1 Å². The third kappa shape index (κ3) is 1.58. The summed E-state index contributed by atoms with van der Waals surface area (Å²) < 4.78 is 10.5. The van der Waals surface area contributed by atoms with E-state index in [1.54, 1.807) is 14.2 Å². The van der Waals surface area contributed by atoms with Crippen molar-refractivity contribution in [2.45, 2.75) is 12.3 Å². The van der Waals surface area contributed by atoms with Gasteiger partial charge in [0.15, 0.2) is 11.5 Å². The Morgan fingerprint density at radius 2 is 2.00 bits per heavy atom. The third-order valence-electron chi connectivity index (χ3n) is 2.90. The number of methoxy groups -OCH3 is 2. The first-order chi connectivity index (χ1) is 7.30. The first-order valence-electron chi connectivity index (χ1n) is 4.97. The molecule has 0 bridgehead atoms. The minimum atomic E-state index is 0.511. The topological polar surface area (TPSA) is 30.8 Å². The molecule has 1 aromatic rings. The Morgan fingerprint density at radius 1 is 1.33 bits per heavy atom. The van der Waals surface area contributed by atoms with E-state index in [0.717, 1.165) is 24.5 Å². The van der Waals surface area contributed by atoms with Gasteiger partial charge in [-0.15, -0.1) is 0 Å². The van der Waals surface area contributed by atoms with Gasteiger partial charge < -0.3 is 14.5 Å². The van der Waals surface area contributed by atoms with Crippen molar-refractivity contribution in [3.63, 3.8) is 0 Å². The molecule has 15 heavy (non-hydrogen) atoms. The van der Waals surface area contributed by atoms with Crippen LogP contribution in [0.1, 0.15) is 17.0 Å². The minimum Gasteiger partial charge on any atom is -0.493 e. The molecule has 1 aromatic carbocycles. The van der Waals surface area contributed by atoms with Crippen LogP contribution in [-0.4, -0.2) is 27.5 Å². The lowest BCUT2D eigenvalue weighted by atomic mass is 9.77. The van der Waals surface area contributed by atoms with Gasteiger partial charge in [-0.2, -0.15) is 0 Å². The molecule has 1 atom stereocenters. The molecule has 0 fully saturated rings. The Hall–Kier alpha value is -1.51. The Bertz CT molecular complexity index is 387. The quantitative estimate of drug-likeness (QED) is 0.704. The number of hydrogen-bond acceptors (Lipinski definition) is 3. The van der Waals surface area contributed by atoms with Crippen LogP contribution >= 0.6 is 0 Å². The number of rotatable bonds is 4. The van der Waals surface area contributed by atoms with Crippen LogP contribution in [-0.2, 0) is 6.42 Å². The zero-order valence-corrected chi connectivity index (χ0v) is 9.12. The number of hydrogen-bond donors (Lipinski definition) is 0. The number of nitrogens with zero attached hydrogens (tertiary/aromatic N) is 1. The minimum absolute atomic E-state index is 0.511. The molecule has 0 spiro atoms. The van der Waals surface area contributed by atoms with E-state index >= 15 is 0 Å². The summed E-state index contributed by atoms with van der Waals surface area (Å²) in [5.41, 5.74) is 2.65. The van der Waals surface area contributed by atoms with Crippen molar-refractivity contribution < 1.29 is 9.47 Å². The van der Waals surface area contributed by atoms with Crippen LogP contribution in [0.2, 0.25) is 0 Å². The van der Waals surface area contributed by atoms with E-state index in [2.05, 4.69) is 11.7 Å². The van der Waals surface area contributed by atoms with E-state index in [9.17, 15) is 0 Å². The second-order valence-corrected chi connectivity index (χ2v) is 3.71. The van der Waals surface area contributed by atoms with Gasteiger partial charge in [-0.05, 0) is 36.4 Å². The molecule has 1 aliphatic carbocycles. The fraction of sp³-hybridized carbons (Fsp3) is 0.417. The lowest BCUT2D eigenvalue weighted by molar-refractivity contribution is 0.352. The largest absolute Gasteiger partial charge is 0.493 e. The van der Waals surface area contributed by atoms with Crippen LogP contribution in [0.25, 0.3) is 0 Å². The monoisotopic (exact) mass is 205 g/mol. The molecule has 0 amide bonds. The molecule has 0 unspecified atom stereocenters. The van der Waals surface area contributed by atoms with Gasteiger partial charge in [0.2, 0.25) is 0 Å². The lowest BCUT2D eigenvalue weighted by Crippen LogP contribution is -2.19. The second-order valence-electron chi connectivity index (χ2n) is 3.71. The molecule has 0 heterocycles. The first-order valence-corrected chi connectivity index (χ1v) is 4.97. The fourth-order valence-corrected chi connectivity index (χ4v) is 2.06. The van der Waals surface area contributed by atoms with E-state index in [0.29, 0.717) is 5.92 Å². The average Bonchev–Trinajstić information content (AvgIpc) is 2.25. The van der Waals surface area contributed by atoms with E-state index in [4.69, 9.17) is 9.47 Å². The summed E-state index contributed by atoms with van der Waals surface area (Å²) >= 11 is 0. The van der Waals surface area contributed by atoms with Crippen LogP contribution < -0.4 is 9.47 Å². The van der Waals surface area contributed by atoms with Crippen LogP contribution in [0.4, 0.5) is 0 Å². The van der Waals surface area contributed by atoms with Crippen LogP contribution in [0.3, 0.4) is 0 Å². The van der Waals surface area contributed by atoms with Crippen LogP contribution in [0.5, 0.6) is 11.5 Å². The van der Waals surface area contributed by atoms with Gasteiger partial charge in [-0.1, -0.05) is 0 Å². The molecule has 1 aliphatic rings. The summed E-state index contributed by atoms with van der Waals surface area (Å²) in [6.45, 7) is 4.32. The number of ether oxygens (including phenoxy) is 2. The van der Waals surface area contributed by atoms with E-state index in [-0.39, 0.29) is 0 Å². The van der Waals surface area contributed by atoms with Crippen molar-refractivity contribution in [1.82, 2.24) is 0 Å². The SMILES string of the molecule is C=NC[C@@H]1Cc2cc(OC)c(OC)cc21. The second kappa shape index (κ2) is 3.93. The van der Waals surface area contributed by atoms with Crippen LogP contribution in [0, 0.1) is 0 Å².